The minimum Gasteiger partial charge on any atom is -0.323 e. The first-order valence-electron chi connectivity index (χ1n) is 5.82. The number of nitrogens with zero attached hydrogens (tertiary/aromatic N) is 1. The van der Waals surface area contributed by atoms with Crippen LogP contribution < -0.4 is 5.32 Å². The Balaban J connectivity index is 1.95. The first-order valence-corrected chi connectivity index (χ1v) is 7.04. The monoisotopic (exact) mass is 270 g/mol. The molecule has 2 aromatic rings. The molecule has 3 nitrogen and oxygen atoms in total. The molecule has 0 atom stereocenters. The normalized spacial score (nSPS) is 10.6. The summed E-state index contributed by atoms with van der Waals surface area (Å²) in [6.07, 6.45) is 6.87. The molecular weight excluding hydrogens is 256 g/mol. The summed E-state index contributed by atoms with van der Waals surface area (Å²) in [4.78, 5) is 17.0. The molecule has 0 aliphatic rings. The third kappa shape index (κ3) is 4.26. The number of thioether (sulfide) groups is 1. The fourth-order valence-corrected chi connectivity index (χ4v) is 1.90. The maximum atomic E-state index is 11.7. The van der Waals surface area contributed by atoms with Crippen molar-refractivity contribution in [2.24, 2.45) is 0 Å². The Labute approximate surface area is 116 Å². The van der Waals surface area contributed by atoms with Crippen LogP contribution in [-0.2, 0) is 4.79 Å². The number of pyridine rings is 1. The lowest BCUT2D eigenvalue weighted by Crippen LogP contribution is -2.07. The van der Waals surface area contributed by atoms with E-state index >= 15 is 0 Å². The van der Waals surface area contributed by atoms with Crippen LogP contribution >= 0.6 is 11.8 Å². The number of rotatable bonds is 4. The van der Waals surface area contributed by atoms with E-state index in [9.17, 15) is 4.79 Å². The van der Waals surface area contributed by atoms with Crippen LogP contribution in [0, 0.1) is 0 Å². The molecule has 4 heteroatoms. The van der Waals surface area contributed by atoms with Crippen LogP contribution in [0.4, 0.5) is 5.69 Å². The van der Waals surface area contributed by atoms with Crippen LogP contribution in [0.2, 0.25) is 0 Å². The van der Waals surface area contributed by atoms with Crippen LogP contribution in [0.25, 0.3) is 6.08 Å². The highest BCUT2D eigenvalue weighted by Gasteiger charge is 1.98. The number of amides is 1. The lowest BCUT2D eigenvalue weighted by molar-refractivity contribution is -0.111. The predicted octanol–water partition coefficient (Wildman–Crippen LogP) is 3.46. The number of hydrogen-bond donors (Lipinski definition) is 1. The van der Waals surface area contributed by atoms with Gasteiger partial charge in [0, 0.05) is 22.9 Å². The molecule has 1 heterocycles. The van der Waals surface area contributed by atoms with E-state index in [0.29, 0.717) is 0 Å². The number of benzene rings is 1. The van der Waals surface area contributed by atoms with Gasteiger partial charge in [0.15, 0.2) is 0 Å². The molecule has 0 fully saturated rings. The first-order chi connectivity index (χ1) is 9.28. The van der Waals surface area contributed by atoms with E-state index in [1.807, 2.05) is 48.7 Å². The molecule has 0 radical (unpaired) electrons. The van der Waals surface area contributed by atoms with Gasteiger partial charge in [-0.2, -0.15) is 0 Å². The highest BCUT2D eigenvalue weighted by atomic mass is 32.2. The Hall–Kier alpha value is -2.07. The fourth-order valence-electron chi connectivity index (χ4n) is 1.49. The summed E-state index contributed by atoms with van der Waals surface area (Å²) in [5.41, 5.74) is 1.55. The Morgan fingerprint density at radius 2 is 2.00 bits per heavy atom. The summed E-state index contributed by atoms with van der Waals surface area (Å²) in [6, 6.07) is 13.3. The summed E-state index contributed by atoms with van der Waals surface area (Å²) in [6.45, 7) is 0. The average Bonchev–Trinajstić information content (AvgIpc) is 2.47. The van der Waals surface area contributed by atoms with Gasteiger partial charge < -0.3 is 5.32 Å². The van der Waals surface area contributed by atoms with Crippen molar-refractivity contribution in [3.05, 3.63) is 60.4 Å². The molecule has 1 aromatic carbocycles. The Bertz CT molecular complexity index is 564. The van der Waals surface area contributed by atoms with Gasteiger partial charge >= 0.3 is 0 Å². The fraction of sp³-hybridized carbons (Fsp3) is 0.0667. The zero-order valence-electron chi connectivity index (χ0n) is 10.5. The molecule has 1 aromatic heterocycles. The zero-order valence-corrected chi connectivity index (χ0v) is 11.4. The van der Waals surface area contributed by atoms with Gasteiger partial charge in [-0.05, 0) is 48.7 Å². The topological polar surface area (TPSA) is 42.0 Å². The van der Waals surface area contributed by atoms with Crippen molar-refractivity contribution in [3.8, 4) is 0 Å². The van der Waals surface area contributed by atoms with Crippen LogP contribution in [0.5, 0.6) is 0 Å². The number of nitrogens with one attached hydrogen (secondary N) is 1. The van der Waals surface area contributed by atoms with Crippen molar-refractivity contribution in [3.63, 3.8) is 0 Å². The van der Waals surface area contributed by atoms with E-state index in [1.165, 1.54) is 11.0 Å². The second-order valence-electron chi connectivity index (χ2n) is 3.81. The van der Waals surface area contributed by atoms with Crippen molar-refractivity contribution in [2.75, 3.05) is 11.6 Å². The molecular formula is C15H14N2OS. The minimum atomic E-state index is -0.164. The summed E-state index contributed by atoms with van der Waals surface area (Å²) in [7, 11) is 0. The molecule has 0 unspecified atom stereocenters. The molecule has 0 saturated heterocycles. The standard InChI is InChI=1S/C15H14N2OS/c1-19-14-8-5-13(6-9-14)17-15(18)10-7-12-4-2-3-11-16-12/h2-11H,1H3,(H,17,18)/b10-7+. The van der Waals surface area contributed by atoms with Crippen LogP contribution in [-0.4, -0.2) is 17.1 Å². The van der Waals surface area contributed by atoms with E-state index in [4.69, 9.17) is 0 Å². The summed E-state index contributed by atoms with van der Waals surface area (Å²) < 4.78 is 0. The quantitative estimate of drug-likeness (QED) is 0.683. The van der Waals surface area contributed by atoms with Gasteiger partial charge in [-0.3, -0.25) is 9.78 Å². The first kappa shape index (κ1) is 13.4. The Morgan fingerprint density at radius 1 is 1.21 bits per heavy atom. The van der Waals surface area contributed by atoms with Gasteiger partial charge in [0.2, 0.25) is 5.91 Å². The van der Waals surface area contributed by atoms with Crippen LogP contribution in [0.15, 0.2) is 59.6 Å². The third-order valence-corrected chi connectivity index (χ3v) is 3.19. The van der Waals surface area contributed by atoms with Gasteiger partial charge in [-0.1, -0.05) is 6.07 Å². The SMILES string of the molecule is CSc1ccc(NC(=O)/C=C/c2ccccn2)cc1. The van der Waals surface area contributed by atoms with Gasteiger partial charge in [0.25, 0.3) is 0 Å². The van der Waals surface area contributed by atoms with E-state index < -0.39 is 0 Å². The third-order valence-electron chi connectivity index (χ3n) is 2.45. The van der Waals surface area contributed by atoms with E-state index in [0.717, 1.165) is 11.4 Å². The molecule has 2 rings (SSSR count). The number of hydrogen-bond acceptors (Lipinski definition) is 3. The molecule has 1 N–H and O–H groups in total. The predicted molar refractivity (Wildman–Crippen MR) is 80.1 cm³/mol. The van der Waals surface area contributed by atoms with Crippen LogP contribution in [0.1, 0.15) is 5.69 Å². The minimum absolute atomic E-state index is 0.164. The van der Waals surface area contributed by atoms with Gasteiger partial charge in [0.05, 0.1) is 5.69 Å². The summed E-state index contributed by atoms with van der Waals surface area (Å²) in [5, 5.41) is 2.80. The number of carbonyl (C=O) groups is 1. The van der Waals surface area contributed by atoms with Gasteiger partial charge in [-0.25, -0.2) is 0 Å². The average molecular weight is 270 g/mol. The van der Waals surface area contributed by atoms with E-state index in [-0.39, 0.29) is 5.91 Å². The molecule has 96 valence electrons. The maximum Gasteiger partial charge on any atom is 0.248 e. The summed E-state index contributed by atoms with van der Waals surface area (Å²) in [5.74, 6) is -0.164. The number of aromatic nitrogens is 1. The van der Waals surface area contributed by atoms with Crippen molar-refractivity contribution >= 4 is 29.4 Å². The van der Waals surface area contributed by atoms with Crippen molar-refractivity contribution in [1.82, 2.24) is 4.98 Å². The smallest absolute Gasteiger partial charge is 0.248 e. The van der Waals surface area contributed by atoms with E-state index in [1.54, 1.807) is 24.0 Å². The van der Waals surface area contributed by atoms with Gasteiger partial charge in [-0.15, -0.1) is 11.8 Å². The van der Waals surface area contributed by atoms with E-state index in [2.05, 4.69) is 10.3 Å². The van der Waals surface area contributed by atoms with Gasteiger partial charge in [0.1, 0.15) is 0 Å². The van der Waals surface area contributed by atoms with Crippen molar-refractivity contribution in [2.45, 2.75) is 4.90 Å². The molecule has 0 spiro atoms. The number of carbonyl (C=O) groups excluding carboxylic acids is 1. The summed E-state index contributed by atoms with van der Waals surface area (Å²) >= 11 is 1.67. The second kappa shape index (κ2) is 6.75. The number of anilines is 1. The Morgan fingerprint density at radius 3 is 2.63 bits per heavy atom. The maximum absolute atomic E-state index is 11.7. The van der Waals surface area contributed by atoms with Crippen molar-refractivity contribution < 1.29 is 4.79 Å². The van der Waals surface area contributed by atoms with Crippen molar-refractivity contribution in [1.29, 1.82) is 0 Å². The molecule has 1 amide bonds. The second-order valence-corrected chi connectivity index (χ2v) is 4.69. The molecule has 0 aliphatic carbocycles. The Kier molecular flexibility index (Phi) is 4.75. The highest BCUT2D eigenvalue weighted by molar-refractivity contribution is 7.98. The molecule has 0 bridgehead atoms. The lowest BCUT2D eigenvalue weighted by Gasteiger charge is -2.02. The van der Waals surface area contributed by atoms with Crippen LogP contribution in [0.3, 0.4) is 0 Å². The largest absolute Gasteiger partial charge is 0.323 e. The molecule has 0 saturated carbocycles. The lowest BCUT2D eigenvalue weighted by atomic mass is 10.3. The molecule has 19 heavy (non-hydrogen) atoms. The highest BCUT2D eigenvalue weighted by Crippen LogP contribution is 2.17. The molecule has 0 aliphatic heterocycles. The zero-order chi connectivity index (χ0) is 13.5.